The van der Waals surface area contributed by atoms with Crippen LogP contribution in [0.25, 0.3) is 0 Å². The summed E-state index contributed by atoms with van der Waals surface area (Å²) in [4.78, 5) is 28.3. The Bertz CT molecular complexity index is 445. The lowest BCUT2D eigenvalue weighted by Gasteiger charge is -2.15. The molecule has 0 unspecified atom stereocenters. The Morgan fingerprint density at radius 1 is 1.40 bits per heavy atom. The third-order valence-electron chi connectivity index (χ3n) is 2.28. The molecule has 1 saturated heterocycles. The number of carbonyl (C=O) groups excluding carboxylic acids is 2. The van der Waals surface area contributed by atoms with Gasteiger partial charge in [0.25, 0.3) is 0 Å². The van der Waals surface area contributed by atoms with Gasteiger partial charge in [-0.15, -0.1) is 0 Å². The van der Waals surface area contributed by atoms with E-state index in [9.17, 15) is 9.59 Å². The second-order valence-corrected chi connectivity index (χ2v) is 4.28. The van der Waals surface area contributed by atoms with Crippen LogP contribution in [0.5, 0.6) is 0 Å². The molecule has 0 spiro atoms. The summed E-state index contributed by atoms with van der Waals surface area (Å²) in [5.74, 6) is 0.343. The van der Waals surface area contributed by atoms with E-state index in [2.05, 4.69) is 20.9 Å². The van der Waals surface area contributed by atoms with Crippen molar-refractivity contribution in [3.63, 3.8) is 0 Å². The number of anilines is 1. The summed E-state index contributed by atoms with van der Waals surface area (Å²) in [7, 11) is 0. The van der Waals surface area contributed by atoms with Crippen LogP contribution in [0.4, 0.5) is 5.82 Å². The Balaban J connectivity index is 2.41. The lowest BCUT2D eigenvalue weighted by molar-refractivity contribution is -0.121. The van der Waals surface area contributed by atoms with Gasteiger partial charge >= 0.3 is 0 Å². The predicted octanol–water partition coefficient (Wildman–Crippen LogP) is 1.46. The van der Waals surface area contributed by atoms with Crippen molar-refractivity contribution in [2.24, 2.45) is 0 Å². The van der Waals surface area contributed by atoms with Gasteiger partial charge in [0.1, 0.15) is 10.4 Å². The molecular formula is C10H9BrN2O2. The molecule has 0 aromatic carbocycles. The van der Waals surface area contributed by atoms with E-state index < -0.39 is 0 Å². The van der Waals surface area contributed by atoms with Crippen molar-refractivity contribution in [2.45, 2.75) is 13.3 Å². The second-order valence-electron chi connectivity index (χ2n) is 3.47. The SMILES string of the molecule is Cc1ccc(Br)nc1N1CC(=O)CC1=O. The van der Waals surface area contributed by atoms with Crippen molar-refractivity contribution in [1.29, 1.82) is 0 Å². The van der Waals surface area contributed by atoms with E-state index in [4.69, 9.17) is 0 Å². The van der Waals surface area contributed by atoms with E-state index in [-0.39, 0.29) is 24.7 Å². The van der Waals surface area contributed by atoms with Crippen LogP contribution in [0.1, 0.15) is 12.0 Å². The van der Waals surface area contributed by atoms with Crippen LogP contribution in [0.15, 0.2) is 16.7 Å². The predicted molar refractivity (Wildman–Crippen MR) is 58.7 cm³/mol. The number of rotatable bonds is 1. The quantitative estimate of drug-likeness (QED) is 0.573. The number of aromatic nitrogens is 1. The van der Waals surface area contributed by atoms with Gasteiger partial charge in [0.2, 0.25) is 5.91 Å². The monoisotopic (exact) mass is 268 g/mol. The number of ketones is 1. The first-order valence-electron chi connectivity index (χ1n) is 4.53. The molecule has 1 aliphatic rings. The molecule has 0 N–H and O–H groups in total. The van der Waals surface area contributed by atoms with Gasteiger partial charge in [0, 0.05) is 0 Å². The maximum Gasteiger partial charge on any atom is 0.236 e. The molecule has 2 rings (SSSR count). The van der Waals surface area contributed by atoms with Crippen LogP contribution in [0, 0.1) is 6.92 Å². The Morgan fingerprint density at radius 2 is 2.13 bits per heavy atom. The fourth-order valence-corrected chi connectivity index (χ4v) is 1.85. The van der Waals surface area contributed by atoms with Crippen molar-refractivity contribution in [3.8, 4) is 0 Å². The molecule has 2 heterocycles. The number of amides is 1. The van der Waals surface area contributed by atoms with Crippen LogP contribution < -0.4 is 4.90 Å². The summed E-state index contributed by atoms with van der Waals surface area (Å²) in [6, 6.07) is 3.67. The summed E-state index contributed by atoms with van der Waals surface area (Å²) >= 11 is 3.24. The molecule has 4 nitrogen and oxygen atoms in total. The number of aryl methyl sites for hydroxylation is 1. The summed E-state index contributed by atoms with van der Waals surface area (Å²) in [6.45, 7) is 2.01. The number of hydrogen-bond donors (Lipinski definition) is 0. The Hall–Kier alpha value is -1.23. The van der Waals surface area contributed by atoms with Gasteiger partial charge in [-0.2, -0.15) is 0 Å². The number of carbonyl (C=O) groups is 2. The maximum absolute atomic E-state index is 11.5. The highest BCUT2D eigenvalue weighted by molar-refractivity contribution is 9.10. The van der Waals surface area contributed by atoms with E-state index in [0.717, 1.165) is 5.56 Å². The third-order valence-corrected chi connectivity index (χ3v) is 2.72. The van der Waals surface area contributed by atoms with Gasteiger partial charge in [-0.05, 0) is 34.5 Å². The van der Waals surface area contributed by atoms with E-state index in [1.165, 1.54) is 4.90 Å². The van der Waals surface area contributed by atoms with Crippen molar-refractivity contribution in [3.05, 3.63) is 22.3 Å². The minimum Gasteiger partial charge on any atom is -0.297 e. The largest absolute Gasteiger partial charge is 0.297 e. The normalized spacial score (nSPS) is 16.3. The molecule has 5 heteroatoms. The molecule has 1 aliphatic heterocycles. The third kappa shape index (κ3) is 1.92. The minimum absolute atomic E-state index is 0.00632. The number of pyridine rings is 1. The second kappa shape index (κ2) is 3.73. The van der Waals surface area contributed by atoms with Gasteiger partial charge in [0.05, 0.1) is 13.0 Å². The Labute approximate surface area is 95.4 Å². The summed E-state index contributed by atoms with van der Waals surface area (Å²) in [5, 5.41) is 0. The van der Waals surface area contributed by atoms with Gasteiger partial charge in [-0.25, -0.2) is 4.98 Å². The van der Waals surface area contributed by atoms with E-state index in [1.807, 2.05) is 13.0 Å². The van der Waals surface area contributed by atoms with Gasteiger partial charge in [-0.3, -0.25) is 14.5 Å². The first kappa shape index (κ1) is 10.3. The van der Waals surface area contributed by atoms with E-state index >= 15 is 0 Å². The summed E-state index contributed by atoms with van der Waals surface area (Å²) in [6.07, 6.45) is -0.00632. The maximum atomic E-state index is 11.5. The molecule has 0 saturated carbocycles. The molecule has 78 valence electrons. The molecule has 0 aliphatic carbocycles. The fourth-order valence-electron chi connectivity index (χ4n) is 1.55. The zero-order valence-corrected chi connectivity index (χ0v) is 9.74. The zero-order valence-electron chi connectivity index (χ0n) is 8.16. The summed E-state index contributed by atoms with van der Waals surface area (Å²) in [5.41, 5.74) is 0.890. The van der Waals surface area contributed by atoms with Gasteiger partial charge < -0.3 is 0 Å². The molecule has 0 bridgehead atoms. The average Bonchev–Trinajstić information content (AvgIpc) is 2.50. The van der Waals surface area contributed by atoms with E-state index in [0.29, 0.717) is 10.4 Å². The zero-order chi connectivity index (χ0) is 11.0. The lowest BCUT2D eigenvalue weighted by Crippen LogP contribution is -2.26. The molecule has 1 aromatic rings. The Morgan fingerprint density at radius 3 is 2.73 bits per heavy atom. The molecule has 1 aromatic heterocycles. The molecule has 0 atom stereocenters. The van der Waals surface area contributed by atoms with Crippen LogP contribution in [0.2, 0.25) is 0 Å². The molecule has 0 radical (unpaired) electrons. The van der Waals surface area contributed by atoms with Gasteiger partial charge in [0.15, 0.2) is 5.78 Å². The van der Waals surface area contributed by atoms with Crippen LogP contribution in [0.3, 0.4) is 0 Å². The highest BCUT2D eigenvalue weighted by Crippen LogP contribution is 2.23. The Kier molecular flexibility index (Phi) is 2.56. The number of halogens is 1. The van der Waals surface area contributed by atoms with Crippen LogP contribution >= 0.6 is 15.9 Å². The van der Waals surface area contributed by atoms with E-state index in [1.54, 1.807) is 6.07 Å². The van der Waals surface area contributed by atoms with Crippen molar-refractivity contribution >= 4 is 33.4 Å². The molecule has 15 heavy (non-hydrogen) atoms. The highest BCUT2D eigenvalue weighted by Gasteiger charge is 2.30. The lowest BCUT2D eigenvalue weighted by atomic mass is 10.3. The fraction of sp³-hybridized carbons (Fsp3) is 0.300. The van der Waals surface area contributed by atoms with Crippen LogP contribution in [-0.4, -0.2) is 23.2 Å². The smallest absolute Gasteiger partial charge is 0.236 e. The van der Waals surface area contributed by atoms with Crippen molar-refractivity contribution in [1.82, 2.24) is 4.98 Å². The van der Waals surface area contributed by atoms with Gasteiger partial charge in [-0.1, -0.05) is 6.07 Å². The van der Waals surface area contributed by atoms with Crippen molar-refractivity contribution < 1.29 is 9.59 Å². The van der Waals surface area contributed by atoms with Crippen LogP contribution in [-0.2, 0) is 9.59 Å². The molecule has 1 fully saturated rings. The summed E-state index contributed by atoms with van der Waals surface area (Å²) < 4.78 is 0.662. The average molecular weight is 269 g/mol. The standard InChI is InChI=1S/C10H9BrN2O2/c1-6-2-3-8(11)12-10(6)13-5-7(14)4-9(13)15/h2-3H,4-5H2,1H3. The molecule has 1 amide bonds. The molecular weight excluding hydrogens is 260 g/mol. The van der Waals surface area contributed by atoms with Crippen molar-refractivity contribution in [2.75, 3.05) is 11.4 Å². The first-order valence-corrected chi connectivity index (χ1v) is 5.32. The number of Topliss-reactive ketones (excluding diaryl/α,β-unsaturated/α-hetero) is 1. The first-order chi connectivity index (χ1) is 7.08. The number of hydrogen-bond acceptors (Lipinski definition) is 3. The highest BCUT2D eigenvalue weighted by atomic mass is 79.9. The number of nitrogens with zero attached hydrogens (tertiary/aromatic N) is 2. The minimum atomic E-state index is -0.172. The topological polar surface area (TPSA) is 50.3 Å².